The molecule has 1 unspecified atom stereocenters. The first-order valence-electron chi connectivity index (χ1n) is 4.94. The highest BCUT2D eigenvalue weighted by molar-refractivity contribution is 6.16. The first kappa shape index (κ1) is 9.93. The van der Waals surface area contributed by atoms with Crippen LogP contribution in [0.15, 0.2) is 6.33 Å². The van der Waals surface area contributed by atoms with Crippen molar-refractivity contribution in [1.29, 1.82) is 0 Å². The average molecular weight is 216 g/mol. The highest BCUT2D eigenvalue weighted by atomic mass is 35.5. The summed E-state index contributed by atoms with van der Waals surface area (Å²) < 4.78 is 7.53. The maximum Gasteiger partial charge on any atom is 0.147 e. The normalized spacial score (nSPS) is 21.6. The summed E-state index contributed by atoms with van der Waals surface area (Å²) in [4.78, 5) is 0. The van der Waals surface area contributed by atoms with Gasteiger partial charge in [-0.1, -0.05) is 0 Å². The van der Waals surface area contributed by atoms with Crippen LogP contribution in [0.1, 0.15) is 25.1 Å². The van der Waals surface area contributed by atoms with Crippen LogP contribution >= 0.6 is 11.6 Å². The lowest BCUT2D eigenvalue weighted by Gasteiger charge is -2.09. The maximum atomic E-state index is 5.71. The van der Waals surface area contributed by atoms with Gasteiger partial charge in [0.2, 0.25) is 0 Å². The van der Waals surface area contributed by atoms with Crippen LogP contribution in [0.5, 0.6) is 0 Å². The third-order valence-electron chi connectivity index (χ3n) is 2.53. The van der Waals surface area contributed by atoms with Gasteiger partial charge >= 0.3 is 0 Å². The van der Waals surface area contributed by atoms with Crippen molar-refractivity contribution in [3.05, 3.63) is 12.2 Å². The summed E-state index contributed by atoms with van der Waals surface area (Å²) in [5.41, 5.74) is 0. The van der Waals surface area contributed by atoms with E-state index in [4.69, 9.17) is 16.3 Å². The summed E-state index contributed by atoms with van der Waals surface area (Å²) in [6.07, 6.45) is 5.54. The van der Waals surface area contributed by atoms with Gasteiger partial charge in [0.05, 0.1) is 12.0 Å². The largest absolute Gasteiger partial charge is 0.378 e. The molecular formula is C9H14ClN3O. The Kier molecular flexibility index (Phi) is 3.37. The zero-order valence-corrected chi connectivity index (χ0v) is 8.78. The van der Waals surface area contributed by atoms with Crippen molar-refractivity contribution >= 4 is 11.6 Å². The van der Waals surface area contributed by atoms with E-state index < -0.39 is 0 Å². The number of aromatic nitrogens is 3. The van der Waals surface area contributed by atoms with Gasteiger partial charge in [0.1, 0.15) is 12.2 Å². The monoisotopic (exact) mass is 215 g/mol. The van der Waals surface area contributed by atoms with Crippen LogP contribution in [-0.4, -0.2) is 27.5 Å². The average Bonchev–Trinajstić information content (AvgIpc) is 2.85. The maximum absolute atomic E-state index is 5.71. The Bertz CT molecular complexity index is 283. The van der Waals surface area contributed by atoms with Gasteiger partial charge in [-0.3, -0.25) is 0 Å². The van der Waals surface area contributed by atoms with Crippen molar-refractivity contribution in [1.82, 2.24) is 14.8 Å². The van der Waals surface area contributed by atoms with Crippen molar-refractivity contribution < 1.29 is 4.74 Å². The molecule has 2 heterocycles. The molecule has 1 atom stereocenters. The van der Waals surface area contributed by atoms with Crippen molar-refractivity contribution in [2.45, 2.75) is 37.8 Å². The number of ether oxygens (including phenoxy) is 1. The molecule has 1 aromatic rings. The minimum atomic E-state index is 0.417. The zero-order valence-electron chi connectivity index (χ0n) is 8.03. The summed E-state index contributed by atoms with van der Waals surface area (Å²) in [5.74, 6) is 1.26. The predicted octanol–water partition coefficient (Wildman–Crippen LogP) is 1.59. The SMILES string of the molecule is ClCc1nncn1CCC1CCCO1. The lowest BCUT2D eigenvalue weighted by atomic mass is 10.2. The van der Waals surface area contributed by atoms with Crippen LogP contribution in [0.25, 0.3) is 0 Å². The summed E-state index contributed by atoms with van der Waals surface area (Å²) >= 11 is 5.71. The Balaban J connectivity index is 1.84. The van der Waals surface area contributed by atoms with Crippen LogP contribution in [0, 0.1) is 0 Å². The number of halogens is 1. The van der Waals surface area contributed by atoms with E-state index in [9.17, 15) is 0 Å². The lowest BCUT2D eigenvalue weighted by molar-refractivity contribution is 0.100. The Morgan fingerprint density at radius 2 is 2.57 bits per heavy atom. The summed E-state index contributed by atoms with van der Waals surface area (Å²) in [6, 6.07) is 0. The van der Waals surface area contributed by atoms with Crippen molar-refractivity contribution in [3.63, 3.8) is 0 Å². The number of hydrogen-bond acceptors (Lipinski definition) is 3. The summed E-state index contributed by atoms with van der Waals surface area (Å²) in [5, 5.41) is 7.75. The van der Waals surface area contributed by atoms with Gasteiger partial charge in [0, 0.05) is 13.2 Å². The van der Waals surface area contributed by atoms with Crippen LogP contribution in [-0.2, 0) is 17.2 Å². The topological polar surface area (TPSA) is 39.9 Å². The summed E-state index contributed by atoms with van der Waals surface area (Å²) in [6.45, 7) is 1.81. The van der Waals surface area contributed by atoms with Crippen molar-refractivity contribution in [3.8, 4) is 0 Å². The molecule has 0 saturated carbocycles. The van der Waals surface area contributed by atoms with Gasteiger partial charge in [-0.25, -0.2) is 0 Å². The summed E-state index contributed by atoms with van der Waals surface area (Å²) in [7, 11) is 0. The van der Waals surface area contributed by atoms with Crippen molar-refractivity contribution in [2.24, 2.45) is 0 Å². The van der Waals surface area contributed by atoms with E-state index in [1.54, 1.807) is 6.33 Å². The first-order chi connectivity index (χ1) is 6.90. The fourth-order valence-corrected chi connectivity index (χ4v) is 1.93. The Morgan fingerprint density at radius 3 is 3.29 bits per heavy atom. The quantitative estimate of drug-likeness (QED) is 0.717. The van der Waals surface area contributed by atoms with Gasteiger partial charge in [-0.05, 0) is 19.3 Å². The molecule has 1 aliphatic rings. The number of nitrogens with zero attached hydrogens (tertiary/aromatic N) is 3. The molecule has 0 radical (unpaired) electrons. The molecule has 0 bridgehead atoms. The molecule has 5 heteroatoms. The van der Waals surface area contributed by atoms with Gasteiger partial charge in [0.25, 0.3) is 0 Å². The minimum absolute atomic E-state index is 0.417. The predicted molar refractivity (Wildman–Crippen MR) is 53.2 cm³/mol. The molecule has 0 spiro atoms. The lowest BCUT2D eigenvalue weighted by Crippen LogP contribution is -2.11. The van der Waals surface area contributed by atoms with E-state index in [0.29, 0.717) is 12.0 Å². The molecule has 14 heavy (non-hydrogen) atoms. The van der Waals surface area contributed by atoms with Crippen LogP contribution < -0.4 is 0 Å². The molecule has 4 nitrogen and oxygen atoms in total. The number of aryl methyl sites for hydroxylation is 1. The van der Waals surface area contributed by atoms with E-state index in [1.807, 2.05) is 4.57 Å². The molecule has 1 aliphatic heterocycles. The molecule has 78 valence electrons. The molecule has 0 aliphatic carbocycles. The number of alkyl halides is 1. The van der Waals surface area contributed by atoms with E-state index in [2.05, 4.69) is 10.2 Å². The highest BCUT2D eigenvalue weighted by Crippen LogP contribution is 2.16. The van der Waals surface area contributed by atoms with Crippen LogP contribution in [0.2, 0.25) is 0 Å². The van der Waals surface area contributed by atoms with E-state index >= 15 is 0 Å². The number of rotatable bonds is 4. The second kappa shape index (κ2) is 4.75. The van der Waals surface area contributed by atoms with E-state index in [1.165, 1.54) is 12.8 Å². The Morgan fingerprint density at radius 1 is 1.64 bits per heavy atom. The fraction of sp³-hybridized carbons (Fsp3) is 0.778. The first-order valence-corrected chi connectivity index (χ1v) is 5.48. The third-order valence-corrected chi connectivity index (χ3v) is 2.77. The van der Waals surface area contributed by atoms with Gasteiger partial charge in [-0.15, -0.1) is 21.8 Å². The molecule has 1 fully saturated rings. The van der Waals surface area contributed by atoms with Crippen molar-refractivity contribution in [2.75, 3.05) is 6.61 Å². The third kappa shape index (κ3) is 2.25. The molecule has 2 rings (SSSR count). The van der Waals surface area contributed by atoms with E-state index in [-0.39, 0.29) is 0 Å². The minimum Gasteiger partial charge on any atom is -0.378 e. The van der Waals surface area contributed by atoms with Gasteiger partial charge < -0.3 is 9.30 Å². The second-order valence-electron chi connectivity index (χ2n) is 3.50. The Labute approximate surface area is 88.2 Å². The molecule has 0 N–H and O–H groups in total. The van der Waals surface area contributed by atoms with Gasteiger partial charge in [-0.2, -0.15) is 0 Å². The Hall–Kier alpha value is -0.610. The molecule has 0 amide bonds. The molecular weight excluding hydrogens is 202 g/mol. The highest BCUT2D eigenvalue weighted by Gasteiger charge is 2.15. The zero-order chi connectivity index (χ0) is 9.80. The fourth-order valence-electron chi connectivity index (χ4n) is 1.72. The van der Waals surface area contributed by atoms with Gasteiger partial charge in [0.15, 0.2) is 0 Å². The smallest absolute Gasteiger partial charge is 0.147 e. The molecule has 1 aromatic heterocycles. The molecule has 1 saturated heterocycles. The van der Waals surface area contributed by atoms with Crippen LogP contribution in [0.3, 0.4) is 0 Å². The van der Waals surface area contributed by atoms with E-state index in [0.717, 1.165) is 25.4 Å². The molecule has 0 aromatic carbocycles. The van der Waals surface area contributed by atoms with Crippen LogP contribution in [0.4, 0.5) is 0 Å². The number of hydrogen-bond donors (Lipinski definition) is 0. The second-order valence-corrected chi connectivity index (χ2v) is 3.77. The standard InChI is InChI=1S/C9H14ClN3O/c10-6-9-12-11-7-13(9)4-3-8-2-1-5-14-8/h7-8H,1-6H2.